The fourth-order valence-corrected chi connectivity index (χ4v) is 2.91. The standard InChI is InChI=1S/C14H20N2O2.2ClH/c17-12-3-1-2-11(14(12)18)13(10-4-5-10)16-8-6-15-7-9-16;;/h1-3,10,13,15,17-18H,4-9H2;2*1H/t13-;;/m1../s1. The molecule has 0 amide bonds. The van der Waals surface area contributed by atoms with Crippen LogP contribution in [0.15, 0.2) is 18.2 Å². The van der Waals surface area contributed by atoms with Crippen LogP contribution < -0.4 is 5.32 Å². The van der Waals surface area contributed by atoms with E-state index >= 15 is 0 Å². The van der Waals surface area contributed by atoms with E-state index in [1.165, 1.54) is 12.8 Å². The summed E-state index contributed by atoms with van der Waals surface area (Å²) in [6.45, 7) is 4.03. The van der Waals surface area contributed by atoms with E-state index in [2.05, 4.69) is 10.2 Å². The highest BCUT2D eigenvalue weighted by Gasteiger charge is 2.38. The molecular formula is C14H22Cl2N2O2. The average Bonchev–Trinajstić information content (AvgIpc) is 3.21. The van der Waals surface area contributed by atoms with Crippen molar-refractivity contribution < 1.29 is 10.2 Å². The van der Waals surface area contributed by atoms with Gasteiger partial charge in [0.2, 0.25) is 0 Å². The van der Waals surface area contributed by atoms with Gasteiger partial charge in [-0.1, -0.05) is 12.1 Å². The van der Waals surface area contributed by atoms with E-state index in [-0.39, 0.29) is 42.4 Å². The molecule has 1 aromatic carbocycles. The summed E-state index contributed by atoms with van der Waals surface area (Å²) in [5.41, 5.74) is 0.888. The summed E-state index contributed by atoms with van der Waals surface area (Å²) in [5, 5.41) is 23.1. The highest BCUT2D eigenvalue weighted by atomic mass is 35.5. The van der Waals surface area contributed by atoms with Crippen molar-refractivity contribution in [1.29, 1.82) is 0 Å². The van der Waals surface area contributed by atoms with Gasteiger partial charge in [-0.05, 0) is 24.8 Å². The molecule has 0 radical (unpaired) electrons. The van der Waals surface area contributed by atoms with Crippen LogP contribution >= 0.6 is 24.8 Å². The van der Waals surface area contributed by atoms with Crippen LogP contribution in [0.1, 0.15) is 24.4 Å². The summed E-state index contributed by atoms with van der Waals surface area (Å²) in [4.78, 5) is 2.43. The first-order chi connectivity index (χ1) is 8.77. The van der Waals surface area contributed by atoms with Crippen molar-refractivity contribution in [2.75, 3.05) is 26.2 Å². The van der Waals surface area contributed by atoms with Crippen LogP contribution in [0, 0.1) is 5.92 Å². The third kappa shape index (κ3) is 3.50. The molecule has 4 nitrogen and oxygen atoms in total. The molecule has 2 fully saturated rings. The van der Waals surface area contributed by atoms with Crippen LogP contribution in [0.25, 0.3) is 0 Å². The number of halogens is 2. The molecule has 2 aliphatic rings. The summed E-state index contributed by atoms with van der Waals surface area (Å²) in [7, 11) is 0. The van der Waals surface area contributed by atoms with Gasteiger partial charge in [-0.3, -0.25) is 4.90 Å². The number of aromatic hydroxyl groups is 2. The number of phenols is 2. The van der Waals surface area contributed by atoms with Gasteiger partial charge < -0.3 is 15.5 Å². The Morgan fingerprint density at radius 2 is 1.75 bits per heavy atom. The van der Waals surface area contributed by atoms with E-state index in [0.29, 0.717) is 5.92 Å². The molecule has 1 aromatic rings. The summed E-state index contributed by atoms with van der Waals surface area (Å²) < 4.78 is 0. The Bertz CT molecular complexity index is 435. The molecule has 20 heavy (non-hydrogen) atoms. The van der Waals surface area contributed by atoms with E-state index in [1.807, 2.05) is 12.1 Å². The summed E-state index contributed by atoms with van der Waals surface area (Å²) in [5.74, 6) is 0.692. The zero-order valence-electron chi connectivity index (χ0n) is 11.3. The molecule has 3 N–H and O–H groups in total. The molecule has 0 unspecified atom stereocenters. The van der Waals surface area contributed by atoms with Gasteiger partial charge in [0.05, 0.1) is 0 Å². The summed E-state index contributed by atoms with van der Waals surface area (Å²) >= 11 is 0. The molecule has 1 saturated carbocycles. The molecule has 1 saturated heterocycles. The molecule has 0 aromatic heterocycles. The molecule has 3 rings (SSSR count). The van der Waals surface area contributed by atoms with Crippen molar-refractivity contribution in [3.05, 3.63) is 23.8 Å². The number of nitrogens with one attached hydrogen (secondary N) is 1. The smallest absolute Gasteiger partial charge is 0.162 e. The Morgan fingerprint density at radius 3 is 2.35 bits per heavy atom. The maximum absolute atomic E-state index is 10.1. The first-order valence-corrected chi connectivity index (χ1v) is 6.73. The third-order valence-corrected chi connectivity index (χ3v) is 3.98. The number of para-hydroxylation sites is 1. The zero-order valence-corrected chi connectivity index (χ0v) is 12.9. The van der Waals surface area contributed by atoms with E-state index in [4.69, 9.17) is 0 Å². The number of rotatable bonds is 3. The first-order valence-electron chi connectivity index (χ1n) is 6.73. The molecule has 1 heterocycles. The second kappa shape index (κ2) is 7.36. The lowest BCUT2D eigenvalue weighted by Gasteiger charge is -2.35. The Balaban J connectivity index is 0.000001000. The predicted octanol–water partition coefficient (Wildman–Crippen LogP) is 2.30. The van der Waals surface area contributed by atoms with Crippen LogP contribution in [0.4, 0.5) is 0 Å². The second-order valence-electron chi connectivity index (χ2n) is 5.28. The lowest BCUT2D eigenvalue weighted by molar-refractivity contribution is 0.153. The number of phenolic OH excluding ortho intramolecular Hbond substituents is 2. The van der Waals surface area contributed by atoms with Crippen LogP contribution in [0.3, 0.4) is 0 Å². The monoisotopic (exact) mass is 320 g/mol. The second-order valence-corrected chi connectivity index (χ2v) is 5.28. The van der Waals surface area contributed by atoms with Crippen molar-refractivity contribution in [1.82, 2.24) is 10.2 Å². The quantitative estimate of drug-likeness (QED) is 0.748. The van der Waals surface area contributed by atoms with Crippen LogP contribution in [0.2, 0.25) is 0 Å². The first kappa shape index (κ1) is 17.4. The van der Waals surface area contributed by atoms with Crippen LogP contribution in [0.5, 0.6) is 11.5 Å². The van der Waals surface area contributed by atoms with Gasteiger partial charge in [0.15, 0.2) is 11.5 Å². The highest BCUT2D eigenvalue weighted by molar-refractivity contribution is 5.85. The van der Waals surface area contributed by atoms with E-state index in [1.54, 1.807) is 6.07 Å². The molecule has 0 spiro atoms. The third-order valence-electron chi connectivity index (χ3n) is 3.98. The zero-order chi connectivity index (χ0) is 12.5. The molecule has 0 bridgehead atoms. The number of hydrogen-bond acceptors (Lipinski definition) is 4. The van der Waals surface area contributed by atoms with E-state index < -0.39 is 0 Å². The average molecular weight is 321 g/mol. The minimum Gasteiger partial charge on any atom is -0.504 e. The van der Waals surface area contributed by atoms with Gasteiger partial charge in [0.25, 0.3) is 0 Å². The number of hydrogen-bond donors (Lipinski definition) is 3. The van der Waals surface area contributed by atoms with Crippen molar-refractivity contribution >= 4 is 24.8 Å². The lowest BCUT2D eigenvalue weighted by Crippen LogP contribution is -2.45. The number of nitrogens with zero attached hydrogens (tertiary/aromatic N) is 1. The summed E-state index contributed by atoms with van der Waals surface area (Å²) in [6, 6.07) is 5.57. The normalized spacial score (nSPS) is 20.6. The van der Waals surface area contributed by atoms with Crippen molar-refractivity contribution in [2.45, 2.75) is 18.9 Å². The van der Waals surface area contributed by atoms with E-state index in [9.17, 15) is 10.2 Å². The predicted molar refractivity (Wildman–Crippen MR) is 84.2 cm³/mol. The SMILES string of the molecule is Cl.Cl.Oc1cccc([C@@H](C2CC2)N2CCNCC2)c1O. The molecule has 1 aliphatic heterocycles. The molecule has 1 atom stereocenters. The Hall–Kier alpha value is -0.680. The van der Waals surface area contributed by atoms with Gasteiger partial charge in [-0.2, -0.15) is 0 Å². The molecule has 1 aliphatic carbocycles. The fraction of sp³-hybridized carbons (Fsp3) is 0.571. The van der Waals surface area contributed by atoms with Gasteiger partial charge >= 0.3 is 0 Å². The Morgan fingerprint density at radius 1 is 1.10 bits per heavy atom. The molecule has 114 valence electrons. The maximum Gasteiger partial charge on any atom is 0.162 e. The molecule has 6 heteroatoms. The Kier molecular flexibility index (Phi) is 6.40. The fourth-order valence-electron chi connectivity index (χ4n) is 2.91. The number of piperazine rings is 1. The van der Waals surface area contributed by atoms with Gasteiger partial charge in [0, 0.05) is 37.8 Å². The van der Waals surface area contributed by atoms with Crippen molar-refractivity contribution in [2.24, 2.45) is 5.92 Å². The minimum absolute atomic E-state index is 0. The van der Waals surface area contributed by atoms with Crippen molar-refractivity contribution in [3.8, 4) is 11.5 Å². The van der Waals surface area contributed by atoms with E-state index in [0.717, 1.165) is 31.7 Å². The number of benzene rings is 1. The largest absolute Gasteiger partial charge is 0.504 e. The maximum atomic E-state index is 10.1. The topological polar surface area (TPSA) is 55.7 Å². The van der Waals surface area contributed by atoms with Crippen LogP contribution in [-0.2, 0) is 0 Å². The highest BCUT2D eigenvalue weighted by Crippen LogP contribution is 2.48. The Labute approximate surface area is 132 Å². The van der Waals surface area contributed by atoms with Crippen molar-refractivity contribution in [3.63, 3.8) is 0 Å². The minimum atomic E-state index is -0.00622. The van der Waals surface area contributed by atoms with Crippen LogP contribution in [-0.4, -0.2) is 41.3 Å². The molecular weight excluding hydrogens is 299 g/mol. The van der Waals surface area contributed by atoms with Gasteiger partial charge in [-0.15, -0.1) is 24.8 Å². The van der Waals surface area contributed by atoms with Gasteiger partial charge in [-0.25, -0.2) is 0 Å². The lowest BCUT2D eigenvalue weighted by atomic mass is 9.98. The van der Waals surface area contributed by atoms with Gasteiger partial charge in [0.1, 0.15) is 0 Å². The summed E-state index contributed by atoms with van der Waals surface area (Å²) in [6.07, 6.45) is 2.45.